The van der Waals surface area contributed by atoms with Crippen molar-refractivity contribution in [2.24, 2.45) is 11.8 Å². The number of hydrogen-bond acceptors (Lipinski definition) is 4. The average molecular weight is 363 g/mol. The summed E-state index contributed by atoms with van der Waals surface area (Å²) < 4.78 is 13.9. The molecule has 2 saturated heterocycles. The number of piperidine rings is 1. The minimum absolute atomic E-state index is 0.0802. The number of halogens is 1. The number of imide groups is 1. The third kappa shape index (κ3) is 3.63. The Hall–Kier alpha value is -2.64. The number of nitrogens with one attached hydrogen (secondary N) is 1. The van der Waals surface area contributed by atoms with Crippen LogP contribution in [-0.2, 0) is 9.59 Å². The van der Waals surface area contributed by atoms with Gasteiger partial charge in [0.05, 0.1) is 17.3 Å². The van der Waals surface area contributed by atoms with Gasteiger partial charge in [-0.2, -0.15) is 0 Å². The zero-order valence-corrected chi connectivity index (χ0v) is 14.6. The number of benzene rings is 1. The highest BCUT2D eigenvalue weighted by molar-refractivity contribution is 6.07. The molecule has 0 bridgehead atoms. The fourth-order valence-electron chi connectivity index (χ4n) is 3.61. The van der Waals surface area contributed by atoms with E-state index in [-0.39, 0.29) is 24.8 Å². The predicted molar refractivity (Wildman–Crippen MR) is 93.6 cm³/mol. The lowest BCUT2D eigenvalue weighted by Gasteiger charge is -2.38. The van der Waals surface area contributed by atoms with Gasteiger partial charge >= 0.3 is 12.0 Å². The average Bonchev–Trinajstić information content (AvgIpc) is 2.61. The van der Waals surface area contributed by atoms with E-state index >= 15 is 0 Å². The molecule has 7 nitrogen and oxygen atoms in total. The molecule has 2 aliphatic heterocycles. The SMILES string of the molecule is CC(C(=O)O)C1CCN(c2cc(F)ccc2N2CCC(=O)NC2=O)CC1. The quantitative estimate of drug-likeness (QED) is 0.856. The molecule has 8 heteroatoms. The number of carbonyl (C=O) groups excluding carboxylic acids is 2. The van der Waals surface area contributed by atoms with Crippen LogP contribution in [0.5, 0.6) is 0 Å². The van der Waals surface area contributed by atoms with Crippen molar-refractivity contribution in [3.8, 4) is 0 Å². The van der Waals surface area contributed by atoms with Crippen LogP contribution in [0, 0.1) is 17.7 Å². The van der Waals surface area contributed by atoms with Crippen molar-refractivity contribution in [3.05, 3.63) is 24.0 Å². The monoisotopic (exact) mass is 363 g/mol. The Bertz CT molecular complexity index is 731. The molecular formula is C18H22FN3O4. The Kier molecular flexibility index (Phi) is 5.11. The first-order valence-corrected chi connectivity index (χ1v) is 8.75. The van der Waals surface area contributed by atoms with E-state index in [9.17, 15) is 23.9 Å². The summed E-state index contributed by atoms with van der Waals surface area (Å²) in [5.74, 6) is -1.86. The Morgan fingerprint density at radius 2 is 1.92 bits per heavy atom. The number of rotatable bonds is 4. The van der Waals surface area contributed by atoms with Gasteiger partial charge in [-0.1, -0.05) is 6.92 Å². The highest BCUT2D eigenvalue weighted by Gasteiger charge is 2.31. The van der Waals surface area contributed by atoms with Gasteiger partial charge in [0.2, 0.25) is 5.91 Å². The minimum atomic E-state index is -0.801. The van der Waals surface area contributed by atoms with Crippen molar-refractivity contribution in [1.29, 1.82) is 0 Å². The van der Waals surface area contributed by atoms with Crippen LogP contribution < -0.4 is 15.1 Å². The molecule has 0 aromatic heterocycles. The van der Waals surface area contributed by atoms with Gasteiger partial charge in [-0.3, -0.25) is 19.8 Å². The number of aliphatic carboxylic acids is 1. The molecule has 0 spiro atoms. The van der Waals surface area contributed by atoms with Crippen molar-refractivity contribution in [1.82, 2.24) is 5.32 Å². The van der Waals surface area contributed by atoms with Gasteiger partial charge in [0.1, 0.15) is 5.82 Å². The van der Waals surface area contributed by atoms with Crippen molar-refractivity contribution >= 4 is 29.3 Å². The number of carboxylic acids is 1. The van der Waals surface area contributed by atoms with E-state index in [4.69, 9.17) is 0 Å². The summed E-state index contributed by atoms with van der Waals surface area (Å²) in [6, 6.07) is 3.72. The molecule has 2 N–H and O–H groups in total. The molecule has 26 heavy (non-hydrogen) atoms. The highest BCUT2D eigenvalue weighted by atomic mass is 19.1. The number of hydrogen-bond donors (Lipinski definition) is 2. The molecule has 3 amide bonds. The molecule has 140 valence electrons. The van der Waals surface area contributed by atoms with Gasteiger partial charge in [0, 0.05) is 26.1 Å². The Labute approximate surface area is 150 Å². The third-order valence-corrected chi connectivity index (χ3v) is 5.26. The van der Waals surface area contributed by atoms with Gasteiger partial charge in [0.15, 0.2) is 0 Å². The number of urea groups is 1. The van der Waals surface area contributed by atoms with Crippen molar-refractivity contribution < 1.29 is 23.9 Å². The summed E-state index contributed by atoms with van der Waals surface area (Å²) in [7, 11) is 0. The van der Waals surface area contributed by atoms with Gasteiger partial charge in [0.25, 0.3) is 0 Å². The van der Waals surface area contributed by atoms with Gasteiger partial charge in [-0.15, -0.1) is 0 Å². The third-order valence-electron chi connectivity index (χ3n) is 5.26. The van der Waals surface area contributed by atoms with Gasteiger partial charge in [-0.25, -0.2) is 9.18 Å². The van der Waals surface area contributed by atoms with E-state index in [2.05, 4.69) is 5.32 Å². The molecule has 1 atom stereocenters. The fourth-order valence-corrected chi connectivity index (χ4v) is 3.61. The predicted octanol–water partition coefficient (Wildman–Crippen LogP) is 2.21. The molecular weight excluding hydrogens is 341 g/mol. The number of anilines is 2. The lowest BCUT2D eigenvalue weighted by atomic mass is 9.85. The first-order chi connectivity index (χ1) is 12.4. The van der Waals surface area contributed by atoms with E-state index < -0.39 is 23.7 Å². The van der Waals surface area contributed by atoms with E-state index in [0.29, 0.717) is 37.3 Å². The van der Waals surface area contributed by atoms with Crippen LogP contribution >= 0.6 is 0 Å². The largest absolute Gasteiger partial charge is 0.481 e. The number of carboxylic acid groups (broad SMARTS) is 1. The standard InChI is InChI=1S/C18H22FN3O4/c1-11(17(24)25)12-4-7-21(8-5-12)15-10-13(19)2-3-14(15)22-9-6-16(23)20-18(22)26/h2-3,10-12H,4-9H2,1H3,(H,24,25)(H,20,23,26). The maximum absolute atomic E-state index is 13.9. The molecule has 3 rings (SSSR count). The first kappa shape index (κ1) is 18.2. The maximum Gasteiger partial charge on any atom is 0.328 e. The van der Waals surface area contributed by atoms with Crippen molar-refractivity contribution in [2.45, 2.75) is 26.2 Å². The number of amides is 3. The van der Waals surface area contributed by atoms with E-state index in [1.54, 1.807) is 13.0 Å². The van der Waals surface area contributed by atoms with Crippen molar-refractivity contribution in [2.75, 3.05) is 29.4 Å². The second-order valence-corrected chi connectivity index (χ2v) is 6.84. The summed E-state index contributed by atoms with van der Waals surface area (Å²) in [5.41, 5.74) is 1.15. The van der Waals surface area contributed by atoms with Crippen LogP contribution in [0.2, 0.25) is 0 Å². The van der Waals surface area contributed by atoms with Crippen molar-refractivity contribution in [3.63, 3.8) is 0 Å². The molecule has 2 heterocycles. The van der Waals surface area contributed by atoms with E-state index in [1.807, 2.05) is 4.90 Å². The van der Waals surface area contributed by atoms with Gasteiger partial charge in [-0.05, 0) is 37.0 Å². The molecule has 1 unspecified atom stereocenters. The Morgan fingerprint density at radius 1 is 1.23 bits per heavy atom. The molecule has 0 radical (unpaired) electrons. The van der Waals surface area contributed by atoms with Crippen LogP contribution in [-0.4, -0.2) is 42.6 Å². The zero-order chi connectivity index (χ0) is 18.8. The zero-order valence-electron chi connectivity index (χ0n) is 14.6. The lowest BCUT2D eigenvalue weighted by molar-refractivity contribution is -0.143. The minimum Gasteiger partial charge on any atom is -0.481 e. The number of nitrogens with zero attached hydrogens (tertiary/aromatic N) is 2. The lowest BCUT2D eigenvalue weighted by Crippen LogP contribution is -2.50. The van der Waals surface area contributed by atoms with Crippen LogP contribution in [0.25, 0.3) is 0 Å². The summed E-state index contributed by atoms with van der Waals surface area (Å²) in [5, 5.41) is 11.5. The van der Waals surface area contributed by atoms with Crippen LogP contribution in [0.1, 0.15) is 26.2 Å². The smallest absolute Gasteiger partial charge is 0.328 e. The second kappa shape index (κ2) is 7.31. The van der Waals surface area contributed by atoms with Crippen LogP contribution in [0.4, 0.5) is 20.6 Å². The topological polar surface area (TPSA) is 89.9 Å². The summed E-state index contributed by atoms with van der Waals surface area (Å²) >= 11 is 0. The Morgan fingerprint density at radius 3 is 2.54 bits per heavy atom. The van der Waals surface area contributed by atoms with E-state index in [1.165, 1.54) is 17.0 Å². The molecule has 2 fully saturated rings. The summed E-state index contributed by atoms with van der Waals surface area (Å²) in [6.45, 7) is 3.14. The molecule has 0 saturated carbocycles. The first-order valence-electron chi connectivity index (χ1n) is 8.75. The molecule has 1 aromatic rings. The fraction of sp³-hybridized carbons (Fsp3) is 0.500. The van der Waals surface area contributed by atoms with Crippen LogP contribution in [0.15, 0.2) is 18.2 Å². The molecule has 1 aromatic carbocycles. The van der Waals surface area contributed by atoms with Gasteiger partial charge < -0.3 is 10.0 Å². The molecule has 0 aliphatic carbocycles. The summed E-state index contributed by atoms with van der Waals surface area (Å²) in [6.07, 6.45) is 1.57. The molecule has 2 aliphatic rings. The van der Waals surface area contributed by atoms with E-state index in [0.717, 1.165) is 0 Å². The maximum atomic E-state index is 13.9. The summed E-state index contributed by atoms with van der Waals surface area (Å²) in [4.78, 5) is 38.1. The van der Waals surface area contributed by atoms with Crippen LogP contribution in [0.3, 0.4) is 0 Å². The number of carbonyl (C=O) groups is 3. The normalized spacial score (nSPS) is 20.1. The second-order valence-electron chi connectivity index (χ2n) is 6.84. The Balaban J connectivity index is 1.80. The highest BCUT2D eigenvalue weighted by Crippen LogP contribution is 2.35.